The van der Waals surface area contributed by atoms with E-state index in [9.17, 15) is 14.7 Å². The Morgan fingerprint density at radius 1 is 1.32 bits per heavy atom. The number of hydrogen-bond donors (Lipinski definition) is 1. The van der Waals surface area contributed by atoms with Crippen molar-refractivity contribution in [2.24, 2.45) is 5.41 Å². The summed E-state index contributed by atoms with van der Waals surface area (Å²) < 4.78 is 5.12. The fraction of sp³-hybridized carbons (Fsp3) is 0.421. The molecular formula is C19H22N2O4. The van der Waals surface area contributed by atoms with Crippen molar-refractivity contribution in [2.45, 2.75) is 19.3 Å². The first-order valence-electron chi connectivity index (χ1n) is 8.38. The van der Waals surface area contributed by atoms with Crippen molar-refractivity contribution in [1.82, 2.24) is 9.88 Å². The Bertz CT molecular complexity index is 783. The Balaban J connectivity index is 1.79. The number of carboxylic acid groups (broad SMARTS) is 1. The molecule has 1 fully saturated rings. The number of aliphatic carboxylic acids is 1. The van der Waals surface area contributed by atoms with E-state index in [0.29, 0.717) is 19.4 Å². The number of carbonyl (C=O) groups excluding carboxylic acids is 1. The highest BCUT2D eigenvalue weighted by Crippen LogP contribution is 2.31. The number of ether oxygens (including phenoxy) is 1. The number of piperidine rings is 1. The van der Waals surface area contributed by atoms with Crippen LogP contribution in [0.5, 0.6) is 0 Å². The van der Waals surface area contributed by atoms with Gasteiger partial charge < -0.3 is 14.7 Å². The van der Waals surface area contributed by atoms with Gasteiger partial charge in [-0.05, 0) is 24.5 Å². The van der Waals surface area contributed by atoms with E-state index in [0.717, 1.165) is 16.5 Å². The van der Waals surface area contributed by atoms with E-state index < -0.39 is 11.4 Å². The SMILES string of the molecule is COCC1(C(=O)O)CCCN(C(=O)Cc2cccc3cccnc23)C1. The maximum absolute atomic E-state index is 12.8. The highest BCUT2D eigenvalue weighted by Gasteiger charge is 2.43. The smallest absolute Gasteiger partial charge is 0.313 e. The lowest BCUT2D eigenvalue weighted by Crippen LogP contribution is -2.52. The average Bonchev–Trinajstić information content (AvgIpc) is 2.62. The quantitative estimate of drug-likeness (QED) is 0.900. The molecule has 1 unspecified atom stereocenters. The van der Waals surface area contributed by atoms with Crippen molar-refractivity contribution in [3.8, 4) is 0 Å². The van der Waals surface area contributed by atoms with Crippen LogP contribution in [-0.2, 0) is 20.7 Å². The molecule has 1 aromatic heterocycles. The van der Waals surface area contributed by atoms with Crippen molar-refractivity contribution in [3.05, 3.63) is 42.1 Å². The van der Waals surface area contributed by atoms with Crippen LogP contribution in [0.1, 0.15) is 18.4 Å². The molecule has 1 amide bonds. The highest BCUT2D eigenvalue weighted by atomic mass is 16.5. The summed E-state index contributed by atoms with van der Waals surface area (Å²) in [6, 6.07) is 9.60. The summed E-state index contributed by atoms with van der Waals surface area (Å²) in [5.74, 6) is -0.974. The van der Waals surface area contributed by atoms with Crippen LogP contribution in [0.15, 0.2) is 36.5 Å². The monoisotopic (exact) mass is 342 g/mol. The molecule has 2 aromatic rings. The van der Waals surface area contributed by atoms with Gasteiger partial charge in [0.2, 0.25) is 5.91 Å². The van der Waals surface area contributed by atoms with Gasteiger partial charge in [-0.2, -0.15) is 0 Å². The van der Waals surface area contributed by atoms with Gasteiger partial charge in [-0.1, -0.05) is 24.3 Å². The van der Waals surface area contributed by atoms with Gasteiger partial charge in [0.25, 0.3) is 0 Å². The number of nitrogens with zero attached hydrogens (tertiary/aromatic N) is 2. The molecule has 1 atom stereocenters. The third-order valence-electron chi connectivity index (χ3n) is 4.86. The number of methoxy groups -OCH3 is 1. The van der Waals surface area contributed by atoms with E-state index in [-0.39, 0.29) is 25.5 Å². The van der Waals surface area contributed by atoms with Gasteiger partial charge in [0.15, 0.2) is 0 Å². The van der Waals surface area contributed by atoms with Crippen LogP contribution < -0.4 is 0 Å². The third-order valence-corrected chi connectivity index (χ3v) is 4.86. The number of benzene rings is 1. The zero-order valence-corrected chi connectivity index (χ0v) is 14.3. The van der Waals surface area contributed by atoms with Crippen LogP contribution in [-0.4, -0.2) is 53.7 Å². The van der Waals surface area contributed by atoms with Gasteiger partial charge in [0.1, 0.15) is 5.41 Å². The van der Waals surface area contributed by atoms with E-state index in [1.54, 1.807) is 11.1 Å². The lowest BCUT2D eigenvalue weighted by molar-refractivity contribution is -0.159. The van der Waals surface area contributed by atoms with Crippen LogP contribution in [0.3, 0.4) is 0 Å². The molecule has 132 valence electrons. The van der Waals surface area contributed by atoms with E-state index in [1.807, 2.05) is 30.3 Å². The molecule has 0 spiro atoms. The van der Waals surface area contributed by atoms with Crippen molar-refractivity contribution in [1.29, 1.82) is 0 Å². The van der Waals surface area contributed by atoms with E-state index in [1.165, 1.54) is 7.11 Å². The Hall–Kier alpha value is -2.47. The topological polar surface area (TPSA) is 79.7 Å². The summed E-state index contributed by atoms with van der Waals surface area (Å²) in [7, 11) is 1.49. The molecule has 1 saturated heterocycles. The van der Waals surface area contributed by atoms with Crippen LogP contribution in [0, 0.1) is 5.41 Å². The molecule has 1 N–H and O–H groups in total. The summed E-state index contributed by atoms with van der Waals surface area (Å²) in [5, 5.41) is 10.6. The average molecular weight is 342 g/mol. The first-order chi connectivity index (χ1) is 12.1. The minimum absolute atomic E-state index is 0.0698. The Kier molecular flexibility index (Phi) is 4.99. The Morgan fingerprint density at radius 2 is 2.12 bits per heavy atom. The maximum Gasteiger partial charge on any atom is 0.313 e. The summed E-state index contributed by atoms with van der Waals surface area (Å²) in [5.41, 5.74) is 0.665. The molecule has 0 bridgehead atoms. The zero-order chi connectivity index (χ0) is 17.9. The van der Waals surface area contributed by atoms with Crippen molar-refractivity contribution in [2.75, 3.05) is 26.8 Å². The minimum Gasteiger partial charge on any atom is -0.481 e. The van der Waals surface area contributed by atoms with Gasteiger partial charge in [0, 0.05) is 31.8 Å². The molecule has 25 heavy (non-hydrogen) atoms. The molecule has 0 saturated carbocycles. The number of hydrogen-bond acceptors (Lipinski definition) is 4. The molecule has 1 aliphatic rings. The number of likely N-dealkylation sites (tertiary alicyclic amines) is 1. The first-order valence-corrected chi connectivity index (χ1v) is 8.38. The molecule has 0 aliphatic carbocycles. The van der Waals surface area contributed by atoms with Crippen molar-refractivity contribution in [3.63, 3.8) is 0 Å². The molecule has 1 aromatic carbocycles. The second-order valence-electron chi connectivity index (χ2n) is 6.61. The predicted octanol–water partition coefficient (Wildman–Crippen LogP) is 2.12. The molecule has 1 aliphatic heterocycles. The summed E-state index contributed by atoms with van der Waals surface area (Å²) in [6.07, 6.45) is 3.12. The van der Waals surface area contributed by atoms with Gasteiger partial charge in [0.05, 0.1) is 18.5 Å². The Morgan fingerprint density at radius 3 is 2.88 bits per heavy atom. The zero-order valence-electron chi connectivity index (χ0n) is 14.3. The molecule has 6 nitrogen and oxygen atoms in total. The Labute approximate surface area is 146 Å². The van der Waals surface area contributed by atoms with Crippen LogP contribution in [0.4, 0.5) is 0 Å². The van der Waals surface area contributed by atoms with Crippen LogP contribution in [0.25, 0.3) is 10.9 Å². The van der Waals surface area contributed by atoms with Gasteiger partial charge in [-0.15, -0.1) is 0 Å². The van der Waals surface area contributed by atoms with Crippen LogP contribution in [0.2, 0.25) is 0 Å². The maximum atomic E-state index is 12.8. The summed E-state index contributed by atoms with van der Waals surface area (Å²) >= 11 is 0. The third kappa shape index (κ3) is 3.49. The number of carboxylic acids is 1. The minimum atomic E-state index is -1.01. The number of amides is 1. The number of fused-ring (bicyclic) bond motifs is 1. The van der Waals surface area contributed by atoms with Gasteiger partial charge in [-0.3, -0.25) is 14.6 Å². The standard InChI is InChI=1S/C19H22N2O4/c1-25-13-19(18(23)24)8-4-10-21(12-19)16(22)11-15-6-2-5-14-7-3-9-20-17(14)15/h2-3,5-7,9H,4,8,10-13H2,1H3,(H,23,24). The molecule has 6 heteroatoms. The van der Waals surface area contributed by atoms with E-state index in [2.05, 4.69) is 4.98 Å². The molecule has 3 rings (SSSR count). The van der Waals surface area contributed by atoms with E-state index >= 15 is 0 Å². The number of pyridine rings is 1. The normalized spacial score (nSPS) is 20.6. The van der Waals surface area contributed by atoms with E-state index in [4.69, 9.17) is 4.74 Å². The summed E-state index contributed by atoms with van der Waals surface area (Å²) in [4.78, 5) is 30.6. The summed E-state index contributed by atoms with van der Waals surface area (Å²) in [6.45, 7) is 0.880. The number of rotatable bonds is 5. The fourth-order valence-electron chi connectivity index (χ4n) is 3.56. The number of carbonyl (C=O) groups is 2. The molecule has 0 radical (unpaired) electrons. The first kappa shape index (κ1) is 17.4. The number of aromatic nitrogens is 1. The van der Waals surface area contributed by atoms with Crippen molar-refractivity contribution < 1.29 is 19.4 Å². The predicted molar refractivity (Wildman–Crippen MR) is 93.2 cm³/mol. The largest absolute Gasteiger partial charge is 0.481 e. The second kappa shape index (κ2) is 7.19. The highest BCUT2D eigenvalue weighted by molar-refractivity contribution is 5.88. The van der Waals surface area contributed by atoms with Crippen molar-refractivity contribution >= 4 is 22.8 Å². The molecular weight excluding hydrogens is 320 g/mol. The van der Waals surface area contributed by atoms with Gasteiger partial charge in [-0.25, -0.2) is 0 Å². The van der Waals surface area contributed by atoms with Crippen LogP contribution >= 0.6 is 0 Å². The second-order valence-corrected chi connectivity index (χ2v) is 6.61. The van der Waals surface area contributed by atoms with Gasteiger partial charge >= 0.3 is 5.97 Å². The lowest BCUT2D eigenvalue weighted by atomic mass is 9.80. The fourth-order valence-corrected chi connectivity index (χ4v) is 3.56. The molecule has 2 heterocycles. The number of para-hydroxylation sites is 1. The lowest BCUT2D eigenvalue weighted by Gasteiger charge is -2.39.